The Balaban J connectivity index is 1.73. The Hall–Kier alpha value is -1.40. The van der Waals surface area contributed by atoms with Gasteiger partial charge in [0.1, 0.15) is 0 Å². The molecule has 126 valence electrons. The molecule has 1 heterocycles. The molecule has 1 aliphatic rings. The van der Waals surface area contributed by atoms with E-state index in [-0.39, 0.29) is 5.91 Å². The molecule has 4 nitrogen and oxygen atoms in total. The van der Waals surface area contributed by atoms with Crippen LogP contribution < -0.4 is 16.2 Å². The monoisotopic (exact) mass is 351 g/mol. The zero-order chi connectivity index (χ0) is 16.8. The van der Waals surface area contributed by atoms with Gasteiger partial charge in [-0.15, -0.1) is 11.3 Å². The van der Waals surface area contributed by atoms with Gasteiger partial charge in [0, 0.05) is 21.9 Å². The van der Waals surface area contributed by atoms with Gasteiger partial charge in [-0.25, -0.2) is 0 Å². The molecule has 1 aliphatic carbocycles. The Morgan fingerprint density at radius 3 is 2.78 bits per heavy atom. The molecule has 1 amide bonds. The van der Waals surface area contributed by atoms with Gasteiger partial charge in [-0.1, -0.05) is 26.7 Å². The van der Waals surface area contributed by atoms with E-state index in [0.29, 0.717) is 23.0 Å². The molecule has 0 bridgehead atoms. The fraction of sp³-hybridized carbons (Fsp3) is 0.529. The van der Waals surface area contributed by atoms with Crippen molar-refractivity contribution >= 4 is 40.7 Å². The van der Waals surface area contributed by atoms with E-state index in [4.69, 9.17) is 12.2 Å². The van der Waals surface area contributed by atoms with Crippen molar-refractivity contribution in [1.82, 2.24) is 16.2 Å². The van der Waals surface area contributed by atoms with E-state index >= 15 is 0 Å². The zero-order valence-electron chi connectivity index (χ0n) is 13.9. The van der Waals surface area contributed by atoms with Crippen molar-refractivity contribution in [1.29, 1.82) is 0 Å². The summed E-state index contributed by atoms with van der Waals surface area (Å²) >= 11 is 6.92. The van der Waals surface area contributed by atoms with Crippen molar-refractivity contribution in [2.75, 3.05) is 0 Å². The topological polar surface area (TPSA) is 53.2 Å². The van der Waals surface area contributed by atoms with E-state index in [1.54, 1.807) is 17.4 Å². The summed E-state index contributed by atoms with van der Waals surface area (Å²) in [6.45, 7) is 6.59. The van der Waals surface area contributed by atoms with Crippen molar-refractivity contribution in [2.24, 2.45) is 11.8 Å². The number of carbonyl (C=O) groups is 1. The molecular formula is C17H25N3OS2. The highest BCUT2D eigenvalue weighted by atomic mass is 32.1. The molecule has 0 aromatic carbocycles. The SMILES string of the molecule is Cc1ccc(/C=C/C(=O)NNC(=S)N[C@H]2CCC[C@H](C)[C@@H]2C)s1. The van der Waals surface area contributed by atoms with Gasteiger partial charge in [0.2, 0.25) is 0 Å². The first-order valence-corrected chi connectivity index (χ1v) is 9.29. The first kappa shape index (κ1) is 17.9. The van der Waals surface area contributed by atoms with Crippen LogP contribution in [-0.4, -0.2) is 17.1 Å². The number of hydrogen-bond acceptors (Lipinski definition) is 3. The van der Waals surface area contributed by atoms with Crippen LogP contribution in [0.1, 0.15) is 42.9 Å². The molecule has 0 unspecified atom stereocenters. The smallest absolute Gasteiger partial charge is 0.262 e. The maximum Gasteiger partial charge on any atom is 0.262 e. The van der Waals surface area contributed by atoms with Crippen LogP contribution in [0.2, 0.25) is 0 Å². The Kier molecular flexibility index (Phi) is 6.59. The Morgan fingerprint density at radius 2 is 2.09 bits per heavy atom. The van der Waals surface area contributed by atoms with Crippen molar-refractivity contribution < 1.29 is 4.79 Å². The standard InChI is InChI=1S/C17H25N3OS2/c1-11-5-4-6-15(13(11)3)18-17(22)20-19-16(21)10-9-14-8-7-12(2)23-14/h7-11,13,15H,4-6H2,1-3H3,(H,19,21)(H2,18,20,22)/b10-9+/t11-,13-,15-/m0/s1. The van der Waals surface area contributed by atoms with Gasteiger partial charge in [0.05, 0.1) is 0 Å². The van der Waals surface area contributed by atoms with Gasteiger partial charge in [-0.3, -0.25) is 15.6 Å². The number of thiophene rings is 1. The normalized spacial score (nSPS) is 24.4. The van der Waals surface area contributed by atoms with Crippen molar-refractivity contribution in [3.8, 4) is 0 Å². The highest BCUT2D eigenvalue weighted by molar-refractivity contribution is 7.80. The van der Waals surface area contributed by atoms with Crippen molar-refractivity contribution in [3.05, 3.63) is 28.0 Å². The molecule has 0 saturated heterocycles. The number of thiocarbonyl (C=S) groups is 1. The molecule has 0 aliphatic heterocycles. The maximum atomic E-state index is 11.8. The van der Waals surface area contributed by atoms with Crippen LogP contribution in [0.15, 0.2) is 18.2 Å². The molecule has 1 aromatic rings. The first-order valence-electron chi connectivity index (χ1n) is 8.06. The van der Waals surface area contributed by atoms with Gasteiger partial charge in [-0.05, 0) is 55.6 Å². The molecule has 1 saturated carbocycles. The Labute approximate surface area is 147 Å². The number of hydrazine groups is 1. The predicted octanol–water partition coefficient (Wildman–Crippen LogP) is 3.39. The average molecular weight is 352 g/mol. The minimum absolute atomic E-state index is 0.217. The van der Waals surface area contributed by atoms with Crippen LogP contribution in [-0.2, 0) is 4.79 Å². The number of nitrogens with one attached hydrogen (secondary N) is 3. The lowest BCUT2D eigenvalue weighted by atomic mass is 9.78. The van der Waals surface area contributed by atoms with E-state index in [1.165, 1.54) is 23.8 Å². The molecule has 3 atom stereocenters. The lowest BCUT2D eigenvalue weighted by Gasteiger charge is -2.35. The third kappa shape index (κ3) is 5.62. The van der Waals surface area contributed by atoms with Crippen LogP contribution in [0.5, 0.6) is 0 Å². The third-order valence-corrected chi connectivity index (χ3v) is 5.67. The highest BCUT2D eigenvalue weighted by Crippen LogP contribution is 2.29. The summed E-state index contributed by atoms with van der Waals surface area (Å²) in [4.78, 5) is 14.1. The van der Waals surface area contributed by atoms with E-state index in [2.05, 4.69) is 30.0 Å². The van der Waals surface area contributed by atoms with Crippen molar-refractivity contribution in [3.63, 3.8) is 0 Å². The zero-order valence-corrected chi connectivity index (χ0v) is 15.5. The van der Waals surface area contributed by atoms with E-state index in [1.807, 2.05) is 19.1 Å². The molecule has 3 N–H and O–H groups in total. The van der Waals surface area contributed by atoms with Crippen molar-refractivity contribution in [2.45, 2.75) is 46.1 Å². The summed E-state index contributed by atoms with van der Waals surface area (Å²) in [7, 11) is 0. The maximum absolute atomic E-state index is 11.8. The van der Waals surface area contributed by atoms with Crippen LogP contribution >= 0.6 is 23.6 Å². The average Bonchev–Trinajstić information content (AvgIpc) is 2.93. The number of aryl methyl sites for hydroxylation is 1. The predicted molar refractivity (Wildman–Crippen MR) is 101 cm³/mol. The fourth-order valence-electron chi connectivity index (χ4n) is 2.85. The van der Waals surface area contributed by atoms with Gasteiger partial charge < -0.3 is 5.32 Å². The molecule has 0 radical (unpaired) electrons. The van der Waals surface area contributed by atoms with E-state index in [9.17, 15) is 4.79 Å². The van der Waals surface area contributed by atoms with Crippen LogP contribution in [0, 0.1) is 18.8 Å². The van der Waals surface area contributed by atoms with Crippen LogP contribution in [0.3, 0.4) is 0 Å². The summed E-state index contributed by atoms with van der Waals surface area (Å²) in [6.07, 6.45) is 6.94. The number of carbonyl (C=O) groups excluding carboxylic acids is 1. The second-order valence-corrected chi connectivity index (χ2v) is 7.97. The molecule has 6 heteroatoms. The van der Waals surface area contributed by atoms with Gasteiger partial charge in [0.25, 0.3) is 5.91 Å². The number of amides is 1. The molecular weight excluding hydrogens is 326 g/mol. The molecule has 0 spiro atoms. The minimum Gasteiger partial charge on any atom is -0.358 e. The summed E-state index contributed by atoms with van der Waals surface area (Å²) in [5, 5.41) is 3.79. The lowest BCUT2D eigenvalue weighted by Crippen LogP contribution is -2.52. The summed E-state index contributed by atoms with van der Waals surface area (Å²) in [6, 6.07) is 4.40. The van der Waals surface area contributed by atoms with E-state index < -0.39 is 0 Å². The van der Waals surface area contributed by atoms with Crippen LogP contribution in [0.4, 0.5) is 0 Å². The second kappa shape index (κ2) is 8.45. The number of rotatable bonds is 3. The third-order valence-electron chi connectivity index (χ3n) is 4.48. The molecule has 1 aromatic heterocycles. The molecule has 2 rings (SSSR count). The number of hydrogen-bond donors (Lipinski definition) is 3. The summed E-state index contributed by atoms with van der Waals surface area (Å²) in [5.41, 5.74) is 5.38. The van der Waals surface area contributed by atoms with Gasteiger partial charge >= 0.3 is 0 Å². The first-order chi connectivity index (χ1) is 11.0. The van der Waals surface area contributed by atoms with Gasteiger partial charge in [0.15, 0.2) is 5.11 Å². The van der Waals surface area contributed by atoms with Gasteiger partial charge in [-0.2, -0.15) is 0 Å². The highest BCUT2D eigenvalue weighted by Gasteiger charge is 2.27. The minimum atomic E-state index is -0.217. The second-order valence-electron chi connectivity index (χ2n) is 6.24. The largest absolute Gasteiger partial charge is 0.358 e. The summed E-state index contributed by atoms with van der Waals surface area (Å²) < 4.78 is 0. The fourth-order valence-corrected chi connectivity index (χ4v) is 3.83. The Morgan fingerprint density at radius 1 is 1.30 bits per heavy atom. The quantitative estimate of drug-likeness (QED) is 0.444. The Bertz CT molecular complexity index is 582. The van der Waals surface area contributed by atoms with E-state index in [0.717, 1.165) is 11.3 Å². The summed E-state index contributed by atoms with van der Waals surface area (Å²) in [5.74, 6) is 1.07. The molecule has 23 heavy (non-hydrogen) atoms. The van der Waals surface area contributed by atoms with Crippen LogP contribution in [0.25, 0.3) is 6.08 Å². The molecule has 1 fully saturated rings. The lowest BCUT2D eigenvalue weighted by molar-refractivity contribution is -0.116.